The van der Waals surface area contributed by atoms with Crippen LogP contribution in [0.5, 0.6) is 0 Å². The van der Waals surface area contributed by atoms with E-state index in [9.17, 15) is 0 Å². The SMILES string of the molecule is CC.COC(C)(C)OC.NC1CCC(CO)C1. The summed E-state index contributed by atoms with van der Waals surface area (Å²) in [6, 6.07) is 0.368. The van der Waals surface area contributed by atoms with Crippen LogP contribution < -0.4 is 5.73 Å². The molecule has 17 heavy (non-hydrogen) atoms. The molecule has 106 valence electrons. The Hall–Kier alpha value is -0.160. The van der Waals surface area contributed by atoms with Gasteiger partial charge in [0.2, 0.25) is 0 Å². The van der Waals surface area contributed by atoms with Crippen molar-refractivity contribution in [1.29, 1.82) is 0 Å². The first kappa shape index (κ1) is 19.2. The van der Waals surface area contributed by atoms with E-state index in [1.165, 1.54) is 0 Å². The molecule has 0 aromatic rings. The van der Waals surface area contributed by atoms with Gasteiger partial charge in [0.1, 0.15) is 0 Å². The van der Waals surface area contributed by atoms with Gasteiger partial charge in [0, 0.05) is 26.9 Å². The van der Waals surface area contributed by atoms with Crippen LogP contribution in [0.2, 0.25) is 0 Å². The van der Waals surface area contributed by atoms with Crippen LogP contribution in [0, 0.1) is 5.92 Å². The molecule has 0 radical (unpaired) electrons. The highest BCUT2D eigenvalue weighted by Crippen LogP contribution is 2.22. The molecule has 0 heterocycles. The van der Waals surface area contributed by atoms with Gasteiger partial charge in [-0.1, -0.05) is 13.8 Å². The second-order valence-electron chi connectivity index (χ2n) is 4.43. The molecule has 4 nitrogen and oxygen atoms in total. The van der Waals surface area contributed by atoms with Crippen LogP contribution in [0.1, 0.15) is 47.0 Å². The van der Waals surface area contributed by atoms with Crippen molar-refractivity contribution in [2.24, 2.45) is 11.7 Å². The number of nitrogens with two attached hydrogens (primary N) is 1. The molecule has 1 aliphatic carbocycles. The van der Waals surface area contributed by atoms with Crippen molar-refractivity contribution in [3.8, 4) is 0 Å². The number of aliphatic hydroxyl groups is 1. The van der Waals surface area contributed by atoms with Gasteiger partial charge in [-0.25, -0.2) is 0 Å². The predicted octanol–water partition coefficient (Wildman–Crippen LogP) is 2.15. The molecule has 3 N–H and O–H groups in total. The van der Waals surface area contributed by atoms with E-state index in [0.29, 0.717) is 18.6 Å². The maximum absolute atomic E-state index is 8.63. The lowest BCUT2D eigenvalue weighted by Gasteiger charge is -2.19. The fourth-order valence-electron chi connectivity index (χ4n) is 1.36. The first-order valence-electron chi connectivity index (χ1n) is 6.42. The van der Waals surface area contributed by atoms with Crippen LogP contribution in [0.25, 0.3) is 0 Å². The Kier molecular flexibility index (Phi) is 12.4. The molecule has 1 aliphatic rings. The summed E-state index contributed by atoms with van der Waals surface area (Å²) in [6.07, 6.45) is 3.25. The molecule has 0 aromatic carbocycles. The minimum absolute atomic E-state index is 0.327. The summed E-state index contributed by atoms with van der Waals surface area (Å²) in [7, 11) is 3.23. The third-order valence-electron chi connectivity index (χ3n) is 2.82. The lowest BCUT2D eigenvalue weighted by molar-refractivity contribution is -0.178. The molecule has 0 bridgehead atoms. The van der Waals surface area contributed by atoms with Gasteiger partial charge < -0.3 is 20.3 Å². The molecule has 1 fully saturated rings. The normalized spacial score (nSPS) is 23.3. The van der Waals surface area contributed by atoms with Gasteiger partial charge in [0.05, 0.1) is 0 Å². The number of ether oxygens (including phenoxy) is 2. The average Bonchev–Trinajstić information content (AvgIpc) is 2.78. The summed E-state index contributed by atoms with van der Waals surface area (Å²) < 4.78 is 9.73. The number of hydrogen-bond acceptors (Lipinski definition) is 4. The van der Waals surface area contributed by atoms with E-state index in [0.717, 1.165) is 19.3 Å². The van der Waals surface area contributed by atoms with Crippen molar-refractivity contribution in [3.63, 3.8) is 0 Å². The number of methoxy groups -OCH3 is 2. The molecule has 0 aromatic heterocycles. The Bertz CT molecular complexity index is 157. The van der Waals surface area contributed by atoms with Crippen molar-refractivity contribution in [3.05, 3.63) is 0 Å². The zero-order chi connectivity index (χ0) is 13.9. The molecule has 0 aliphatic heterocycles. The summed E-state index contributed by atoms with van der Waals surface area (Å²) >= 11 is 0. The van der Waals surface area contributed by atoms with Crippen LogP contribution in [0.15, 0.2) is 0 Å². The molecule has 0 amide bonds. The first-order valence-corrected chi connectivity index (χ1v) is 6.42. The van der Waals surface area contributed by atoms with E-state index in [1.807, 2.05) is 27.7 Å². The van der Waals surface area contributed by atoms with Crippen LogP contribution in [0.4, 0.5) is 0 Å². The van der Waals surface area contributed by atoms with E-state index in [4.69, 9.17) is 20.3 Å². The monoisotopic (exact) mass is 249 g/mol. The minimum Gasteiger partial charge on any atom is -0.396 e. The largest absolute Gasteiger partial charge is 0.396 e. The smallest absolute Gasteiger partial charge is 0.161 e. The first-order chi connectivity index (χ1) is 7.95. The Morgan fingerprint density at radius 2 is 1.65 bits per heavy atom. The highest BCUT2D eigenvalue weighted by Gasteiger charge is 2.20. The quantitative estimate of drug-likeness (QED) is 0.752. The maximum atomic E-state index is 8.63. The second-order valence-corrected chi connectivity index (χ2v) is 4.43. The van der Waals surface area contributed by atoms with Crippen LogP contribution in [-0.4, -0.2) is 37.8 Å². The molecule has 0 saturated heterocycles. The number of aliphatic hydroxyl groups excluding tert-OH is 1. The zero-order valence-electron chi connectivity index (χ0n) is 12.3. The second kappa shape index (κ2) is 11.0. The highest BCUT2D eigenvalue weighted by atomic mass is 16.7. The molecule has 0 spiro atoms. The van der Waals surface area contributed by atoms with E-state index < -0.39 is 5.79 Å². The summed E-state index contributed by atoms with van der Waals surface area (Å²) in [5.74, 6) is 0.0880. The number of hydrogen-bond donors (Lipinski definition) is 2. The molecule has 2 atom stereocenters. The van der Waals surface area contributed by atoms with Crippen LogP contribution in [0.3, 0.4) is 0 Å². The van der Waals surface area contributed by atoms with Gasteiger partial charge >= 0.3 is 0 Å². The standard InChI is InChI=1S/C6H13NO.C5H12O2.C2H6/c7-6-2-1-5(3-6)4-8;1-5(2,6-3)7-4;1-2/h5-6,8H,1-4,7H2;1-4H3;1-2H3. The fraction of sp³-hybridized carbons (Fsp3) is 1.00. The Labute approximate surface area is 106 Å². The third-order valence-corrected chi connectivity index (χ3v) is 2.82. The van der Waals surface area contributed by atoms with E-state index in [1.54, 1.807) is 14.2 Å². The fourth-order valence-corrected chi connectivity index (χ4v) is 1.36. The van der Waals surface area contributed by atoms with Gasteiger partial charge in [-0.2, -0.15) is 0 Å². The third kappa shape index (κ3) is 10.7. The summed E-state index contributed by atoms with van der Waals surface area (Å²) in [5, 5.41) is 8.63. The molecule has 1 saturated carbocycles. The van der Waals surface area contributed by atoms with E-state index >= 15 is 0 Å². The van der Waals surface area contributed by atoms with Gasteiger partial charge in [-0.3, -0.25) is 0 Å². The molecular weight excluding hydrogens is 218 g/mol. The summed E-state index contributed by atoms with van der Waals surface area (Å²) in [5.41, 5.74) is 5.59. The van der Waals surface area contributed by atoms with Gasteiger partial charge in [0.15, 0.2) is 5.79 Å². The molecule has 1 rings (SSSR count). The lowest BCUT2D eigenvalue weighted by atomic mass is 10.1. The van der Waals surface area contributed by atoms with E-state index in [2.05, 4.69) is 0 Å². The van der Waals surface area contributed by atoms with Crippen molar-refractivity contribution in [2.75, 3.05) is 20.8 Å². The van der Waals surface area contributed by atoms with Gasteiger partial charge in [-0.05, 0) is 39.0 Å². The van der Waals surface area contributed by atoms with E-state index in [-0.39, 0.29) is 0 Å². The van der Waals surface area contributed by atoms with Crippen molar-refractivity contribution in [2.45, 2.75) is 58.8 Å². The topological polar surface area (TPSA) is 64.7 Å². The number of rotatable bonds is 3. The Morgan fingerprint density at radius 3 is 1.76 bits per heavy atom. The Balaban J connectivity index is 0. The zero-order valence-corrected chi connectivity index (χ0v) is 12.3. The van der Waals surface area contributed by atoms with Gasteiger partial charge in [0.25, 0.3) is 0 Å². The van der Waals surface area contributed by atoms with Crippen LogP contribution in [-0.2, 0) is 9.47 Å². The Morgan fingerprint density at radius 1 is 1.18 bits per heavy atom. The highest BCUT2D eigenvalue weighted by molar-refractivity contribution is 4.76. The predicted molar refractivity (Wildman–Crippen MR) is 71.8 cm³/mol. The van der Waals surface area contributed by atoms with Crippen molar-refractivity contribution < 1.29 is 14.6 Å². The molecule has 4 heteroatoms. The summed E-state index contributed by atoms with van der Waals surface area (Å²) in [6.45, 7) is 8.04. The van der Waals surface area contributed by atoms with Gasteiger partial charge in [-0.15, -0.1) is 0 Å². The summed E-state index contributed by atoms with van der Waals surface area (Å²) in [4.78, 5) is 0. The van der Waals surface area contributed by atoms with Crippen molar-refractivity contribution in [1.82, 2.24) is 0 Å². The molecular formula is C13H31NO3. The minimum atomic E-state index is -0.417. The molecule has 2 unspecified atom stereocenters. The van der Waals surface area contributed by atoms with Crippen LogP contribution >= 0.6 is 0 Å². The van der Waals surface area contributed by atoms with Crippen molar-refractivity contribution >= 4 is 0 Å². The lowest BCUT2D eigenvalue weighted by Crippen LogP contribution is -2.24. The average molecular weight is 249 g/mol. The maximum Gasteiger partial charge on any atom is 0.161 e.